The molecule has 1 aromatic rings. The van der Waals surface area contributed by atoms with Gasteiger partial charge in [-0.3, -0.25) is 0 Å². The first-order valence-electron chi connectivity index (χ1n) is 4.37. The van der Waals surface area contributed by atoms with Gasteiger partial charge in [0.1, 0.15) is 0 Å². The number of hydrogen-bond donors (Lipinski definition) is 1. The maximum atomic E-state index is 10.9. The number of halogens is 1. The Balaban J connectivity index is 2.80. The minimum absolute atomic E-state index is 0.315. The molecule has 0 heterocycles. The third-order valence-corrected chi connectivity index (χ3v) is 1.91. The Hall–Kier alpha value is -1.66. The number of carbonyl (C=O) groups excluding carboxylic acids is 1. The molecule has 0 fully saturated rings. The van der Waals surface area contributed by atoms with Crippen LogP contribution in [0, 0.1) is 11.8 Å². The number of rotatable bonds is 1. The minimum Gasteiger partial charge on any atom is -0.456 e. The zero-order chi connectivity index (χ0) is 11.3. The lowest BCUT2D eigenvalue weighted by molar-refractivity contribution is -0.136. The average molecular weight is 224 g/mol. The first-order chi connectivity index (χ1) is 7.13. The third kappa shape index (κ3) is 3.53. The molecule has 2 N–H and O–H groups in total. The van der Waals surface area contributed by atoms with E-state index in [-0.39, 0.29) is 0 Å². The van der Waals surface area contributed by atoms with Gasteiger partial charge in [-0.2, -0.15) is 0 Å². The summed E-state index contributed by atoms with van der Waals surface area (Å²) in [6.45, 7) is 2.04. The van der Waals surface area contributed by atoms with Gasteiger partial charge >= 0.3 is 5.97 Å². The van der Waals surface area contributed by atoms with Crippen molar-refractivity contribution >= 4 is 23.3 Å². The Labute approximate surface area is 93.2 Å². The van der Waals surface area contributed by atoms with Crippen LogP contribution in [0.4, 0.5) is 5.69 Å². The van der Waals surface area contributed by atoms with Crippen LogP contribution in [-0.2, 0) is 9.53 Å². The van der Waals surface area contributed by atoms with E-state index in [9.17, 15) is 4.79 Å². The summed E-state index contributed by atoms with van der Waals surface area (Å²) in [5.41, 5.74) is 6.63. The highest BCUT2D eigenvalue weighted by Gasteiger charge is 1.97. The Morgan fingerprint density at radius 1 is 1.60 bits per heavy atom. The third-order valence-electron chi connectivity index (χ3n) is 1.58. The van der Waals surface area contributed by atoms with Crippen molar-refractivity contribution in [3.05, 3.63) is 28.8 Å². The van der Waals surface area contributed by atoms with Crippen molar-refractivity contribution < 1.29 is 9.53 Å². The van der Waals surface area contributed by atoms with Crippen LogP contribution in [0.1, 0.15) is 12.5 Å². The molecule has 0 amide bonds. The van der Waals surface area contributed by atoms with Gasteiger partial charge < -0.3 is 10.5 Å². The molecular formula is C11H10ClNO2. The monoisotopic (exact) mass is 223 g/mol. The number of hydrogen-bond acceptors (Lipinski definition) is 3. The number of benzene rings is 1. The van der Waals surface area contributed by atoms with E-state index < -0.39 is 5.97 Å². The van der Waals surface area contributed by atoms with Crippen LogP contribution < -0.4 is 5.73 Å². The molecule has 15 heavy (non-hydrogen) atoms. The molecule has 0 bridgehead atoms. The first-order valence-corrected chi connectivity index (χ1v) is 4.75. The molecule has 0 saturated carbocycles. The van der Waals surface area contributed by atoms with Gasteiger partial charge in [0.25, 0.3) is 0 Å². The van der Waals surface area contributed by atoms with Crippen LogP contribution in [0.25, 0.3) is 0 Å². The Kier molecular flexibility index (Phi) is 4.02. The maximum Gasteiger partial charge on any atom is 0.384 e. The van der Waals surface area contributed by atoms with Crippen molar-refractivity contribution in [1.82, 2.24) is 0 Å². The number of carbonyl (C=O) groups is 1. The van der Waals surface area contributed by atoms with E-state index in [0.29, 0.717) is 22.9 Å². The molecule has 1 rings (SSSR count). The fourth-order valence-corrected chi connectivity index (χ4v) is 1.08. The summed E-state index contributed by atoms with van der Waals surface area (Å²) in [5.74, 6) is 4.42. The molecule has 78 valence electrons. The van der Waals surface area contributed by atoms with Crippen LogP contribution in [0.15, 0.2) is 18.2 Å². The van der Waals surface area contributed by atoms with E-state index in [1.807, 2.05) is 0 Å². The number of nitrogens with two attached hydrogens (primary N) is 1. The second-order valence-electron chi connectivity index (χ2n) is 2.71. The average Bonchev–Trinajstić information content (AvgIpc) is 2.20. The van der Waals surface area contributed by atoms with E-state index in [1.165, 1.54) is 0 Å². The van der Waals surface area contributed by atoms with E-state index >= 15 is 0 Å². The lowest BCUT2D eigenvalue weighted by atomic mass is 10.2. The summed E-state index contributed by atoms with van der Waals surface area (Å²) in [4.78, 5) is 10.9. The van der Waals surface area contributed by atoms with Gasteiger partial charge in [0.2, 0.25) is 0 Å². The SMILES string of the molecule is CCOC(=O)C#Cc1ccc(N)c(Cl)c1. The van der Waals surface area contributed by atoms with Crippen LogP contribution in [0.2, 0.25) is 5.02 Å². The molecule has 0 aliphatic rings. The summed E-state index contributed by atoms with van der Waals surface area (Å²) in [5, 5.41) is 0.422. The predicted octanol–water partition coefficient (Wildman–Crippen LogP) is 1.84. The highest BCUT2D eigenvalue weighted by atomic mass is 35.5. The molecule has 3 nitrogen and oxygen atoms in total. The molecule has 0 radical (unpaired) electrons. The molecule has 0 unspecified atom stereocenters. The molecule has 0 aromatic heterocycles. The minimum atomic E-state index is -0.551. The first kappa shape index (κ1) is 11.4. The van der Waals surface area contributed by atoms with E-state index in [1.54, 1.807) is 25.1 Å². The van der Waals surface area contributed by atoms with Crippen LogP contribution >= 0.6 is 11.6 Å². The van der Waals surface area contributed by atoms with Gasteiger partial charge in [-0.25, -0.2) is 4.79 Å². The quantitative estimate of drug-likeness (QED) is 0.449. The normalized spacial score (nSPS) is 8.93. The smallest absolute Gasteiger partial charge is 0.384 e. The predicted molar refractivity (Wildman–Crippen MR) is 59.4 cm³/mol. The molecule has 0 aliphatic heterocycles. The molecule has 0 atom stereocenters. The topological polar surface area (TPSA) is 52.3 Å². The van der Waals surface area contributed by atoms with Crippen LogP contribution in [0.3, 0.4) is 0 Å². The number of nitrogen functional groups attached to an aromatic ring is 1. The molecule has 0 spiro atoms. The lowest BCUT2D eigenvalue weighted by Gasteiger charge is -1.96. The zero-order valence-electron chi connectivity index (χ0n) is 8.21. The highest BCUT2D eigenvalue weighted by molar-refractivity contribution is 6.33. The second kappa shape index (κ2) is 5.28. The summed E-state index contributed by atoms with van der Waals surface area (Å²) in [6.07, 6.45) is 0. The highest BCUT2D eigenvalue weighted by Crippen LogP contribution is 2.18. The van der Waals surface area contributed by atoms with Crippen molar-refractivity contribution in [1.29, 1.82) is 0 Å². The van der Waals surface area contributed by atoms with Gasteiger partial charge in [0.05, 0.1) is 17.3 Å². The van der Waals surface area contributed by atoms with Crippen molar-refractivity contribution in [2.75, 3.05) is 12.3 Å². The Morgan fingerprint density at radius 3 is 2.93 bits per heavy atom. The molecule has 0 aliphatic carbocycles. The standard InChI is InChI=1S/C11H10ClNO2/c1-2-15-11(14)6-4-8-3-5-10(13)9(12)7-8/h3,5,7H,2,13H2,1H3. The van der Waals surface area contributed by atoms with Gasteiger partial charge in [0, 0.05) is 11.5 Å². The largest absolute Gasteiger partial charge is 0.456 e. The summed E-state index contributed by atoms with van der Waals surface area (Å²) >= 11 is 5.78. The van der Waals surface area contributed by atoms with E-state index in [4.69, 9.17) is 17.3 Å². The van der Waals surface area contributed by atoms with Gasteiger partial charge in [-0.15, -0.1) is 0 Å². The van der Waals surface area contributed by atoms with Crippen molar-refractivity contribution in [2.24, 2.45) is 0 Å². The van der Waals surface area contributed by atoms with Crippen molar-refractivity contribution in [3.63, 3.8) is 0 Å². The van der Waals surface area contributed by atoms with Gasteiger partial charge in [-0.05, 0) is 25.1 Å². The molecule has 4 heteroatoms. The fourth-order valence-electron chi connectivity index (χ4n) is 0.895. The number of ether oxygens (including phenoxy) is 1. The summed E-state index contributed by atoms with van der Waals surface area (Å²) in [7, 11) is 0. The summed E-state index contributed by atoms with van der Waals surface area (Å²) in [6, 6.07) is 4.92. The summed E-state index contributed by atoms with van der Waals surface area (Å²) < 4.78 is 4.65. The van der Waals surface area contributed by atoms with E-state index in [2.05, 4.69) is 16.6 Å². The van der Waals surface area contributed by atoms with Gasteiger partial charge in [-0.1, -0.05) is 17.5 Å². The van der Waals surface area contributed by atoms with Crippen molar-refractivity contribution in [3.8, 4) is 11.8 Å². The Morgan fingerprint density at radius 2 is 2.33 bits per heavy atom. The molecule has 0 saturated heterocycles. The molecular weight excluding hydrogens is 214 g/mol. The van der Waals surface area contributed by atoms with Gasteiger partial charge in [0.15, 0.2) is 0 Å². The zero-order valence-corrected chi connectivity index (χ0v) is 8.97. The number of esters is 1. The van der Waals surface area contributed by atoms with E-state index in [0.717, 1.165) is 0 Å². The van der Waals surface area contributed by atoms with Crippen molar-refractivity contribution in [2.45, 2.75) is 6.92 Å². The number of anilines is 1. The Bertz CT molecular complexity index is 432. The maximum absolute atomic E-state index is 10.9. The van der Waals surface area contributed by atoms with Crippen LogP contribution in [-0.4, -0.2) is 12.6 Å². The fraction of sp³-hybridized carbons (Fsp3) is 0.182. The second-order valence-corrected chi connectivity index (χ2v) is 3.11. The van der Waals surface area contributed by atoms with Crippen LogP contribution in [0.5, 0.6) is 0 Å². The lowest BCUT2D eigenvalue weighted by Crippen LogP contribution is -1.99. The molecule has 1 aromatic carbocycles.